The largest absolute Gasteiger partial charge is 0.338 e. The number of amides is 2. The third-order valence-corrected chi connectivity index (χ3v) is 2.48. The van der Waals surface area contributed by atoms with Gasteiger partial charge in [0.05, 0.1) is 0 Å². The molecule has 94 valence electrons. The quantitative estimate of drug-likeness (QED) is 0.832. The number of hydrogen-bond acceptors (Lipinski definition) is 1. The minimum absolute atomic E-state index is 0.177. The average Bonchev–Trinajstić information content (AvgIpc) is 2.30. The van der Waals surface area contributed by atoms with Crippen molar-refractivity contribution in [3.05, 3.63) is 34.6 Å². The summed E-state index contributed by atoms with van der Waals surface area (Å²) in [7, 11) is 0. The van der Waals surface area contributed by atoms with E-state index in [1.165, 1.54) is 0 Å². The fourth-order valence-electron chi connectivity index (χ4n) is 1.62. The molecule has 3 nitrogen and oxygen atoms in total. The zero-order valence-electron chi connectivity index (χ0n) is 10.6. The zero-order chi connectivity index (χ0) is 12.8. The summed E-state index contributed by atoms with van der Waals surface area (Å²) in [5, 5.41) is 5.45. The van der Waals surface area contributed by atoms with E-state index in [2.05, 4.69) is 10.6 Å². The van der Waals surface area contributed by atoms with Crippen molar-refractivity contribution >= 4 is 6.03 Å². The molecule has 1 aromatic rings. The maximum Gasteiger partial charge on any atom is 0.315 e. The van der Waals surface area contributed by atoms with Crippen molar-refractivity contribution < 1.29 is 9.18 Å². The van der Waals surface area contributed by atoms with E-state index in [4.69, 9.17) is 0 Å². The number of rotatable bonds is 4. The lowest BCUT2D eigenvalue weighted by atomic mass is 10.1. The van der Waals surface area contributed by atoms with Gasteiger partial charge in [-0.25, -0.2) is 9.18 Å². The van der Waals surface area contributed by atoms with Crippen molar-refractivity contribution in [2.45, 2.75) is 33.7 Å². The summed E-state index contributed by atoms with van der Waals surface area (Å²) in [6.07, 6.45) is 0.905. The molecule has 0 saturated carbocycles. The second-order valence-electron chi connectivity index (χ2n) is 4.15. The van der Waals surface area contributed by atoms with Crippen molar-refractivity contribution in [1.29, 1.82) is 0 Å². The minimum atomic E-state index is -0.188. The Morgan fingerprint density at radius 1 is 1.24 bits per heavy atom. The first kappa shape index (κ1) is 13.5. The summed E-state index contributed by atoms with van der Waals surface area (Å²) >= 11 is 0. The van der Waals surface area contributed by atoms with Crippen LogP contribution in [-0.2, 0) is 6.54 Å². The lowest BCUT2D eigenvalue weighted by Gasteiger charge is -2.09. The second kappa shape index (κ2) is 6.23. The monoisotopic (exact) mass is 238 g/mol. The molecule has 2 amide bonds. The highest BCUT2D eigenvalue weighted by Gasteiger charge is 2.05. The highest BCUT2D eigenvalue weighted by atomic mass is 19.1. The number of carbonyl (C=O) groups excluding carboxylic acids is 1. The maximum absolute atomic E-state index is 13.4. The van der Waals surface area contributed by atoms with Crippen LogP contribution in [0.25, 0.3) is 0 Å². The average molecular weight is 238 g/mol. The van der Waals surface area contributed by atoms with E-state index in [-0.39, 0.29) is 11.8 Å². The Balaban J connectivity index is 2.55. The SMILES string of the molecule is CCCNC(=O)NCc1cc(C)c(F)c(C)c1. The van der Waals surface area contributed by atoms with E-state index in [1.54, 1.807) is 26.0 Å². The topological polar surface area (TPSA) is 41.1 Å². The molecule has 0 unspecified atom stereocenters. The standard InChI is InChI=1S/C13H19FN2O/c1-4-5-15-13(17)16-8-11-6-9(2)12(14)10(3)7-11/h6-7H,4-5,8H2,1-3H3,(H2,15,16,17). The fourth-order valence-corrected chi connectivity index (χ4v) is 1.62. The van der Waals surface area contributed by atoms with E-state index in [0.717, 1.165) is 12.0 Å². The smallest absolute Gasteiger partial charge is 0.315 e. The van der Waals surface area contributed by atoms with Gasteiger partial charge < -0.3 is 10.6 Å². The van der Waals surface area contributed by atoms with Gasteiger partial charge in [0.2, 0.25) is 0 Å². The number of carbonyl (C=O) groups is 1. The van der Waals surface area contributed by atoms with Gasteiger partial charge in [-0.2, -0.15) is 0 Å². The Kier molecular flexibility index (Phi) is 4.94. The van der Waals surface area contributed by atoms with Crippen molar-refractivity contribution in [3.8, 4) is 0 Å². The predicted octanol–water partition coefficient (Wildman–Crippen LogP) is 2.65. The molecule has 1 rings (SSSR count). The van der Waals surface area contributed by atoms with Crippen LogP contribution in [-0.4, -0.2) is 12.6 Å². The molecule has 2 N–H and O–H groups in total. The molecule has 17 heavy (non-hydrogen) atoms. The molecule has 0 aliphatic rings. The van der Waals surface area contributed by atoms with Gasteiger partial charge >= 0.3 is 6.03 Å². The van der Waals surface area contributed by atoms with Crippen LogP contribution < -0.4 is 10.6 Å². The third kappa shape index (κ3) is 4.06. The lowest BCUT2D eigenvalue weighted by Crippen LogP contribution is -2.35. The first-order valence-corrected chi connectivity index (χ1v) is 5.82. The Labute approximate surface area is 101 Å². The van der Waals surface area contributed by atoms with Crippen molar-refractivity contribution in [3.63, 3.8) is 0 Å². The highest BCUT2D eigenvalue weighted by molar-refractivity contribution is 5.73. The van der Waals surface area contributed by atoms with Crippen LogP contribution in [0.3, 0.4) is 0 Å². The van der Waals surface area contributed by atoms with Crippen molar-refractivity contribution in [2.24, 2.45) is 0 Å². The summed E-state index contributed by atoms with van der Waals surface area (Å²) in [5.74, 6) is -0.177. The Hall–Kier alpha value is -1.58. The molecule has 4 heteroatoms. The normalized spacial score (nSPS) is 10.1. The molecule has 0 bridgehead atoms. The van der Waals surface area contributed by atoms with E-state index in [0.29, 0.717) is 24.2 Å². The number of urea groups is 1. The van der Waals surface area contributed by atoms with Crippen LogP contribution in [0.4, 0.5) is 9.18 Å². The van der Waals surface area contributed by atoms with Gasteiger partial charge in [-0.05, 0) is 37.0 Å². The van der Waals surface area contributed by atoms with Gasteiger partial charge in [-0.1, -0.05) is 19.1 Å². The van der Waals surface area contributed by atoms with Gasteiger partial charge in [0.15, 0.2) is 0 Å². The molecular weight excluding hydrogens is 219 g/mol. The minimum Gasteiger partial charge on any atom is -0.338 e. The first-order valence-electron chi connectivity index (χ1n) is 5.82. The first-order chi connectivity index (χ1) is 8.04. The van der Waals surface area contributed by atoms with Crippen LogP contribution in [0.5, 0.6) is 0 Å². The summed E-state index contributed by atoms with van der Waals surface area (Å²) in [6.45, 7) is 6.52. The maximum atomic E-state index is 13.4. The van der Waals surface area contributed by atoms with Crippen LogP contribution >= 0.6 is 0 Å². The summed E-state index contributed by atoms with van der Waals surface area (Å²) in [5.41, 5.74) is 2.12. The fraction of sp³-hybridized carbons (Fsp3) is 0.462. The van der Waals surface area contributed by atoms with E-state index in [1.807, 2.05) is 6.92 Å². The molecule has 1 aromatic carbocycles. The van der Waals surface area contributed by atoms with Gasteiger partial charge in [0, 0.05) is 13.1 Å². The third-order valence-electron chi connectivity index (χ3n) is 2.48. The molecule has 0 atom stereocenters. The van der Waals surface area contributed by atoms with Crippen LogP contribution in [0, 0.1) is 19.7 Å². The van der Waals surface area contributed by atoms with Crippen LogP contribution in [0.15, 0.2) is 12.1 Å². The van der Waals surface area contributed by atoms with Gasteiger partial charge in [-0.3, -0.25) is 0 Å². The second-order valence-corrected chi connectivity index (χ2v) is 4.15. The highest BCUT2D eigenvalue weighted by Crippen LogP contribution is 2.14. The molecular formula is C13H19FN2O. The number of benzene rings is 1. The number of halogens is 1. The molecule has 0 aliphatic carbocycles. The number of hydrogen-bond donors (Lipinski definition) is 2. The van der Waals surface area contributed by atoms with Gasteiger partial charge in [-0.15, -0.1) is 0 Å². The molecule has 0 aliphatic heterocycles. The lowest BCUT2D eigenvalue weighted by molar-refractivity contribution is 0.240. The van der Waals surface area contributed by atoms with E-state index < -0.39 is 0 Å². The van der Waals surface area contributed by atoms with E-state index >= 15 is 0 Å². The number of nitrogens with one attached hydrogen (secondary N) is 2. The van der Waals surface area contributed by atoms with Gasteiger partial charge in [0.25, 0.3) is 0 Å². The summed E-state index contributed by atoms with van der Waals surface area (Å²) < 4.78 is 13.4. The van der Waals surface area contributed by atoms with Gasteiger partial charge in [0.1, 0.15) is 5.82 Å². The van der Waals surface area contributed by atoms with E-state index in [9.17, 15) is 9.18 Å². The molecule has 0 aromatic heterocycles. The number of aryl methyl sites for hydroxylation is 2. The molecule has 0 radical (unpaired) electrons. The molecule has 0 spiro atoms. The predicted molar refractivity (Wildman–Crippen MR) is 66.4 cm³/mol. The van der Waals surface area contributed by atoms with Crippen molar-refractivity contribution in [2.75, 3.05) is 6.54 Å². The Bertz CT molecular complexity index is 381. The molecule has 0 heterocycles. The molecule has 0 fully saturated rings. The van der Waals surface area contributed by atoms with Crippen molar-refractivity contribution in [1.82, 2.24) is 10.6 Å². The summed E-state index contributed by atoms with van der Waals surface area (Å²) in [6, 6.07) is 3.32. The van der Waals surface area contributed by atoms with Crippen LogP contribution in [0.2, 0.25) is 0 Å². The Morgan fingerprint density at radius 2 is 1.82 bits per heavy atom. The molecule has 0 saturated heterocycles. The zero-order valence-corrected chi connectivity index (χ0v) is 10.6. The Morgan fingerprint density at radius 3 is 2.35 bits per heavy atom. The summed E-state index contributed by atoms with van der Waals surface area (Å²) in [4.78, 5) is 11.3. The van der Waals surface area contributed by atoms with Crippen LogP contribution in [0.1, 0.15) is 30.0 Å².